The molecule has 2 saturated heterocycles. The maximum absolute atomic E-state index is 17.1. The number of aromatic nitrogens is 6. The monoisotopic (exact) mass is 633 g/mol. The first-order valence-electron chi connectivity index (χ1n) is 14.3. The van der Waals surface area contributed by atoms with Crippen LogP contribution in [0, 0.1) is 35.4 Å². The third-order valence-electron chi connectivity index (χ3n) is 8.98. The van der Waals surface area contributed by atoms with Crippen LogP contribution < -0.4 is 10.2 Å². The zero-order valence-corrected chi connectivity index (χ0v) is 26.0. The molecule has 2 atom stereocenters. The van der Waals surface area contributed by atoms with Gasteiger partial charge in [0.15, 0.2) is 17.2 Å². The lowest BCUT2D eigenvalue weighted by molar-refractivity contribution is 0.246. The van der Waals surface area contributed by atoms with E-state index in [9.17, 15) is 10.5 Å². The summed E-state index contributed by atoms with van der Waals surface area (Å²) in [4.78, 5) is 9.16. The van der Waals surface area contributed by atoms with Crippen molar-refractivity contribution in [3.63, 3.8) is 0 Å². The molecule has 7 rings (SSSR count). The van der Waals surface area contributed by atoms with E-state index in [-0.39, 0.29) is 41.1 Å². The van der Waals surface area contributed by atoms with E-state index < -0.39 is 5.82 Å². The SMILES string of the molecule is Cc1c(Cl)cc2[nH]ncc2c1-c1c(C#N)cc2c(nc(N3CC(N(C)C)C3)c3nnn([C@H]4CCN[C@H](CC#N)C4)c32)c1F.Cl. The van der Waals surface area contributed by atoms with Gasteiger partial charge in [0, 0.05) is 52.1 Å². The van der Waals surface area contributed by atoms with E-state index in [1.54, 1.807) is 18.3 Å². The van der Waals surface area contributed by atoms with E-state index in [4.69, 9.17) is 16.6 Å². The Bertz CT molecular complexity index is 2000. The van der Waals surface area contributed by atoms with Crippen molar-refractivity contribution in [2.75, 3.05) is 38.6 Å². The molecule has 2 aliphatic heterocycles. The lowest BCUT2D eigenvalue weighted by Crippen LogP contribution is -2.57. The van der Waals surface area contributed by atoms with Crippen LogP contribution in [0.25, 0.3) is 44.0 Å². The number of hydrogen-bond acceptors (Lipinski definition) is 9. The number of nitriles is 2. The van der Waals surface area contributed by atoms with Gasteiger partial charge in [0.1, 0.15) is 11.0 Å². The van der Waals surface area contributed by atoms with Crippen LogP contribution in [0.15, 0.2) is 18.3 Å². The molecule has 0 saturated carbocycles. The number of aromatic amines is 1. The van der Waals surface area contributed by atoms with Crippen LogP contribution in [0.2, 0.25) is 5.02 Å². The van der Waals surface area contributed by atoms with Crippen molar-refractivity contribution in [2.24, 2.45) is 0 Å². The number of pyridine rings is 1. The van der Waals surface area contributed by atoms with Crippen LogP contribution >= 0.6 is 24.0 Å². The highest BCUT2D eigenvalue weighted by Crippen LogP contribution is 2.43. The predicted octanol–water partition coefficient (Wildman–Crippen LogP) is 4.87. The fraction of sp³-hybridized carbons (Fsp3) is 0.400. The Morgan fingerprint density at radius 3 is 2.68 bits per heavy atom. The molecule has 0 amide bonds. The highest BCUT2D eigenvalue weighted by molar-refractivity contribution is 6.33. The first kappa shape index (κ1) is 30.0. The number of H-pyrrole nitrogens is 1. The number of rotatable bonds is 5. The number of fused-ring (bicyclic) bond motifs is 4. The molecule has 2 N–H and O–H groups in total. The van der Waals surface area contributed by atoms with Gasteiger partial charge >= 0.3 is 0 Å². The molecule has 3 aromatic heterocycles. The molecular formula is C30H30Cl2FN11. The molecule has 5 aromatic rings. The van der Waals surface area contributed by atoms with Gasteiger partial charge in [-0.2, -0.15) is 15.6 Å². The molecule has 2 aromatic carbocycles. The van der Waals surface area contributed by atoms with Crippen molar-refractivity contribution in [3.8, 4) is 23.3 Å². The maximum Gasteiger partial charge on any atom is 0.159 e. The Morgan fingerprint density at radius 2 is 1.95 bits per heavy atom. The highest BCUT2D eigenvalue weighted by atomic mass is 35.5. The van der Waals surface area contributed by atoms with Crippen molar-refractivity contribution in [2.45, 2.75) is 44.3 Å². The minimum atomic E-state index is -0.602. The molecule has 0 bridgehead atoms. The van der Waals surface area contributed by atoms with E-state index in [0.717, 1.165) is 26.1 Å². The fourth-order valence-corrected chi connectivity index (χ4v) is 6.71. The third kappa shape index (κ3) is 4.61. The van der Waals surface area contributed by atoms with E-state index in [1.807, 2.05) is 25.7 Å². The first-order chi connectivity index (χ1) is 20.8. The number of halogens is 3. The average Bonchev–Trinajstić information content (AvgIpc) is 3.62. The van der Waals surface area contributed by atoms with Crippen LogP contribution in [0.4, 0.5) is 10.2 Å². The van der Waals surface area contributed by atoms with Crippen molar-refractivity contribution in [1.29, 1.82) is 10.5 Å². The topological polar surface area (TPSA) is 138 Å². The molecule has 0 radical (unpaired) electrons. The summed E-state index contributed by atoms with van der Waals surface area (Å²) in [5.74, 6) is -0.0321. The predicted molar refractivity (Wildman–Crippen MR) is 170 cm³/mol. The minimum Gasteiger partial charge on any atom is -0.351 e. The lowest BCUT2D eigenvalue weighted by atomic mass is 9.91. The Labute approximate surface area is 264 Å². The van der Waals surface area contributed by atoms with E-state index in [0.29, 0.717) is 68.2 Å². The molecule has 0 spiro atoms. The summed E-state index contributed by atoms with van der Waals surface area (Å²) in [6.07, 6.45) is 3.46. The van der Waals surface area contributed by atoms with Gasteiger partial charge in [-0.05, 0) is 58.1 Å². The van der Waals surface area contributed by atoms with Gasteiger partial charge in [0.25, 0.3) is 0 Å². The van der Waals surface area contributed by atoms with Crippen LogP contribution in [0.1, 0.15) is 36.4 Å². The van der Waals surface area contributed by atoms with Gasteiger partial charge in [0.2, 0.25) is 0 Å². The van der Waals surface area contributed by atoms with Crippen molar-refractivity contribution < 1.29 is 4.39 Å². The molecular weight excluding hydrogens is 604 g/mol. The molecule has 0 aliphatic carbocycles. The second kappa shape index (κ2) is 11.5. The highest BCUT2D eigenvalue weighted by Gasteiger charge is 2.35. The second-order valence-corrected chi connectivity index (χ2v) is 12.1. The number of nitrogens with zero attached hydrogens (tertiary/aromatic N) is 9. The van der Waals surface area contributed by atoms with Gasteiger partial charge in [-0.25, -0.2) is 14.1 Å². The smallest absolute Gasteiger partial charge is 0.159 e. The third-order valence-corrected chi connectivity index (χ3v) is 9.37. The van der Waals surface area contributed by atoms with Gasteiger partial charge in [-0.3, -0.25) is 5.10 Å². The van der Waals surface area contributed by atoms with Crippen LogP contribution in [0.5, 0.6) is 0 Å². The van der Waals surface area contributed by atoms with Crippen LogP contribution in [0.3, 0.4) is 0 Å². The van der Waals surface area contributed by atoms with Gasteiger partial charge < -0.3 is 15.1 Å². The van der Waals surface area contributed by atoms with Crippen molar-refractivity contribution >= 4 is 62.7 Å². The maximum atomic E-state index is 17.1. The Kier molecular flexibility index (Phi) is 7.80. The zero-order valence-electron chi connectivity index (χ0n) is 24.4. The van der Waals surface area contributed by atoms with Crippen LogP contribution in [-0.2, 0) is 0 Å². The second-order valence-electron chi connectivity index (χ2n) is 11.7. The first-order valence-corrected chi connectivity index (χ1v) is 14.6. The summed E-state index contributed by atoms with van der Waals surface area (Å²) in [6.45, 7) is 3.98. The molecule has 14 heteroatoms. The summed E-state index contributed by atoms with van der Waals surface area (Å²) >= 11 is 6.58. The van der Waals surface area contributed by atoms with Crippen molar-refractivity contribution in [3.05, 3.63) is 40.3 Å². The largest absolute Gasteiger partial charge is 0.351 e. The number of hydrogen-bond donors (Lipinski definition) is 2. The van der Waals surface area contributed by atoms with E-state index >= 15 is 4.39 Å². The molecule has 5 heterocycles. The molecule has 226 valence electrons. The summed E-state index contributed by atoms with van der Waals surface area (Å²) in [5.41, 5.74) is 3.47. The molecule has 0 unspecified atom stereocenters. The van der Waals surface area contributed by atoms with Crippen molar-refractivity contribution in [1.82, 2.24) is 40.4 Å². The number of piperidine rings is 1. The normalized spacial score (nSPS) is 18.9. The van der Waals surface area contributed by atoms with Gasteiger partial charge in [-0.15, -0.1) is 17.5 Å². The van der Waals surface area contributed by atoms with Gasteiger partial charge in [0.05, 0.1) is 41.9 Å². The van der Waals surface area contributed by atoms with E-state index in [2.05, 4.69) is 47.8 Å². The summed E-state index contributed by atoms with van der Waals surface area (Å²) < 4.78 is 18.9. The molecule has 11 nitrogen and oxygen atoms in total. The van der Waals surface area contributed by atoms with Gasteiger partial charge in [-0.1, -0.05) is 16.8 Å². The Hall–Kier alpha value is -4.07. The summed E-state index contributed by atoms with van der Waals surface area (Å²) in [7, 11) is 4.07. The number of anilines is 1. The summed E-state index contributed by atoms with van der Waals surface area (Å²) in [5, 5.41) is 40.9. The quantitative estimate of drug-likeness (QED) is 0.277. The standard InChI is InChI=1S/C30H29ClFN11.ClH/c1-15-22(31)10-23-21(12-36-38-23)24(15)25-16(11-34)8-20-27(26(25)32)37-30(42-13-19(14-42)41(2)3)28-29(20)43(40-39-28)18-5-7-35-17(9-18)4-6-33;/h8,10,12,17-19,35H,4-5,7,9,13-14H2,1-3H3,(H,36,38);1H/t17-,18+;/m1./s1. The Morgan fingerprint density at radius 1 is 1.16 bits per heavy atom. The average molecular weight is 635 g/mol. The summed E-state index contributed by atoms with van der Waals surface area (Å²) in [6, 6.07) is 8.25. The minimum absolute atomic E-state index is 0. The number of nitrogens with one attached hydrogen (secondary N) is 2. The number of benzene rings is 2. The lowest BCUT2D eigenvalue weighted by Gasteiger charge is -2.43. The molecule has 2 aliphatic rings. The Balaban J connectivity index is 0.00000343. The molecule has 2 fully saturated rings. The van der Waals surface area contributed by atoms with Crippen LogP contribution in [-0.4, -0.2) is 80.9 Å². The molecule has 44 heavy (non-hydrogen) atoms. The van der Waals surface area contributed by atoms with E-state index in [1.165, 1.54) is 0 Å². The number of likely N-dealkylation sites (N-methyl/N-ethyl adjacent to an activating group) is 1. The zero-order chi connectivity index (χ0) is 30.0. The fourth-order valence-electron chi connectivity index (χ4n) is 6.50.